The zero-order valence-corrected chi connectivity index (χ0v) is 12.9. The third kappa shape index (κ3) is 3.80. The van der Waals surface area contributed by atoms with Crippen molar-refractivity contribution in [3.63, 3.8) is 0 Å². The van der Waals surface area contributed by atoms with Crippen molar-refractivity contribution in [2.75, 3.05) is 20.1 Å². The highest BCUT2D eigenvalue weighted by Gasteiger charge is 2.18. The number of hydrogen-bond acceptors (Lipinski definition) is 2. The Bertz CT molecular complexity index is 394. The van der Waals surface area contributed by atoms with E-state index in [1.807, 2.05) is 0 Å². The van der Waals surface area contributed by atoms with Gasteiger partial charge >= 0.3 is 0 Å². The lowest BCUT2D eigenvalue weighted by atomic mass is 9.98. The highest BCUT2D eigenvalue weighted by molar-refractivity contribution is 5.37. The fraction of sp³-hybridized carbons (Fsp3) is 0.647. The molecule has 2 rings (SSSR count). The number of aryl methyl sites for hydroxylation is 3. The monoisotopic (exact) mass is 260 g/mol. The molecule has 1 aliphatic rings. The van der Waals surface area contributed by atoms with E-state index in [2.05, 4.69) is 50.2 Å². The molecule has 1 saturated heterocycles. The number of nitrogens with one attached hydrogen (secondary N) is 1. The third-order valence-corrected chi connectivity index (χ3v) is 4.42. The van der Waals surface area contributed by atoms with Gasteiger partial charge in [0.05, 0.1) is 0 Å². The molecular formula is C17H28N2. The summed E-state index contributed by atoms with van der Waals surface area (Å²) < 4.78 is 0. The van der Waals surface area contributed by atoms with Crippen LogP contribution in [0.4, 0.5) is 0 Å². The molecule has 0 saturated carbocycles. The minimum atomic E-state index is 0.732. The van der Waals surface area contributed by atoms with Gasteiger partial charge in [-0.05, 0) is 76.9 Å². The minimum Gasteiger partial charge on any atom is -0.317 e. The van der Waals surface area contributed by atoms with E-state index in [-0.39, 0.29) is 0 Å². The molecule has 1 atom stereocenters. The zero-order chi connectivity index (χ0) is 13.8. The number of hydrogen-bond donors (Lipinski definition) is 1. The van der Waals surface area contributed by atoms with Gasteiger partial charge < -0.3 is 5.32 Å². The lowest BCUT2D eigenvalue weighted by Gasteiger charge is -2.28. The number of nitrogens with zero attached hydrogens (tertiary/aromatic N) is 1. The maximum atomic E-state index is 3.50. The van der Waals surface area contributed by atoms with Gasteiger partial charge in [-0.25, -0.2) is 0 Å². The van der Waals surface area contributed by atoms with Crippen LogP contribution in [0.2, 0.25) is 0 Å². The largest absolute Gasteiger partial charge is 0.317 e. The second-order valence-electron chi connectivity index (χ2n) is 6.13. The summed E-state index contributed by atoms with van der Waals surface area (Å²) in [5.41, 5.74) is 5.78. The Morgan fingerprint density at radius 1 is 1.11 bits per heavy atom. The molecule has 1 aliphatic heterocycles. The van der Waals surface area contributed by atoms with Gasteiger partial charge in [0.1, 0.15) is 0 Å². The van der Waals surface area contributed by atoms with Crippen molar-refractivity contribution in [3.05, 3.63) is 34.4 Å². The molecule has 19 heavy (non-hydrogen) atoms. The van der Waals surface area contributed by atoms with Gasteiger partial charge in [-0.3, -0.25) is 4.90 Å². The van der Waals surface area contributed by atoms with Crippen molar-refractivity contribution in [1.82, 2.24) is 10.2 Å². The maximum absolute atomic E-state index is 3.50. The maximum Gasteiger partial charge on any atom is 0.0238 e. The van der Waals surface area contributed by atoms with Gasteiger partial charge in [-0.15, -0.1) is 0 Å². The molecule has 106 valence electrons. The first kappa shape index (κ1) is 14.5. The highest BCUT2D eigenvalue weighted by atomic mass is 15.1. The van der Waals surface area contributed by atoms with Crippen molar-refractivity contribution in [2.45, 2.75) is 52.6 Å². The van der Waals surface area contributed by atoms with E-state index < -0.39 is 0 Å². The molecular weight excluding hydrogens is 232 g/mol. The van der Waals surface area contributed by atoms with Crippen LogP contribution in [-0.4, -0.2) is 31.1 Å². The molecule has 2 heteroatoms. The van der Waals surface area contributed by atoms with E-state index in [4.69, 9.17) is 0 Å². The fourth-order valence-electron chi connectivity index (χ4n) is 3.28. The quantitative estimate of drug-likeness (QED) is 0.898. The Morgan fingerprint density at radius 2 is 1.79 bits per heavy atom. The van der Waals surface area contributed by atoms with Gasteiger partial charge in [-0.1, -0.05) is 17.7 Å². The zero-order valence-electron chi connectivity index (χ0n) is 12.9. The molecule has 0 aliphatic carbocycles. The predicted octanol–water partition coefficient (Wildman–Crippen LogP) is 3.19. The molecule has 1 aromatic rings. The Hall–Kier alpha value is -0.860. The summed E-state index contributed by atoms with van der Waals surface area (Å²) >= 11 is 0. The van der Waals surface area contributed by atoms with E-state index in [1.165, 1.54) is 54.6 Å². The summed E-state index contributed by atoms with van der Waals surface area (Å²) in [4.78, 5) is 2.55. The summed E-state index contributed by atoms with van der Waals surface area (Å²) in [6.07, 6.45) is 3.91. The second kappa shape index (κ2) is 6.53. The second-order valence-corrected chi connectivity index (χ2v) is 6.13. The van der Waals surface area contributed by atoms with Crippen LogP contribution in [0.15, 0.2) is 12.1 Å². The van der Waals surface area contributed by atoms with E-state index in [0.29, 0.717) is 0 Å². The lowest BCUT2D eigenvalue weighted by Crippen LogP contribution is -2.32. The predicted molar refractivity (Wildman–Crippen MR) is 82.6 cm³/mol. The Balaban J connectivity index is 2.07. The summed E-state index contributed by atoms with van der Waals surface area (Å²) in [6.45, 7) is 10.1. The van der Waals surface area contributed by atoms with E-state index in [9.17, 15) is 0 Å². The van der Waals surface area contributed by atoms with Crippen molar-refractivity contribution in [2.24, 2.45) is 0 Å². The van der Waals surface area contributed by atoms with E-state index in [0.717, 1.165) is 12.6 Å². The van der Waals surface area contributed by atoms with Crippen molar-refractivity contribution in [3.8, 4) is 0 Å². The number of benzene rings is 1. The van der Waals surface area contributed by atoms with Crippen LogP contribution < -0.4 is 5.32 Å². The minimum absolute atomic E-state index is 0.732. The van der Waals surface area contributed by atoms with Crippen LogP contribution in [-0.2, 0) is 6.54 Å². The summed E-state index contributed by atoms with van der Waals surface area (Å²) in [5.74, 6) is 0. The summed E-state index contributed by atoms with van der Waals surface area (Å²) in [7, 11) is 2.29. The van der Waals surface area contributed by atoms with Gasteiger partial charge in [0, 0.05) is 12.6 Å². The van der Waals surface area contributed by atoms with Gasteiger partial charge in [0.15, 0.2) is 0 Å². The average Bonchev–Trinajstić information content (AvgIpc) is 2.62. The van der Waals surface area contributed by atoms with Crippen LogP contribution in [0.1, 0.15) is 41.5 Å². The van der Waals surface area contributed by atoms with Crippen LogP contribution in [0, 0.1) is 20.8 Å². The van der Waals surface area contributed by atoms with Crippen molar-refractivity contribution >= 4 is 0 Å². The molecule has 1 fully saturated rings. The highest BCUT2D eigenvalue weighted by Crippen LogP contribution is 2.21. The molecule has 0 spiro atoms. The summed E-state index contributed by atoms with van der Waals surface area (Å²) in [5, 5.41) is 3.50. The SMILES string of the molecule is Cc1cc(C)c(CN(C)C2CCCNCC2)c(C)c1. The summed E-state index contributed by atoms with van der Waals surface area (Å²) in [6, 6.07) is 5.35. The standard InChI is InChI=1S/C17H28N2/c1-13-10-14(2)17(15(3)11-13)12-19(4)16-6-5-8-18-9-7-16/h10-11,16,18H,5-9,12H2,1-4H3. The molecule has 1 aromatic carbocycles. The Labute approximate surface area is 118 Å². The Kier molecular flexibility index (Phi) is 5.00. The van der Waals surface area contributed by atoms with Crippen LogP contribution in [0.25, 0.3) is 0 Å². The molecule has 1 heterocycles. The number of rotatable bonds is 3. The lowest BCUT2D eigenvalue weighted by molar-refractivity contribution is 0.216. The van der Waals surface area contributed by atoms with E-state index in [1.54, 1.807) is 0 Å². The molecule has 1 unspecified atom stereocenters. The first-order valence-electron chi connectivity index (χ1n) is 7.55. The van der Waals surface area contributed by atoms with Gasteiger partial charge in [-0.2, -0.15) is 0 Å². The van der Waals surface area contributed by atoms with Crippen molar-refractivity contribution < 1.29 is 0 Å². The first-order chi connectivity index (χ1) is 9.08. The molecule has 0 bridgehead atoms. The van der Waals surface area contributed by atoms with Gasteiger partial charge in [0.25, 0.3) is 0 Å². The molecule has 0 aromatic heterocycles. The van der Waals surface area contributed by atoms with E-state index >= 15 is 0 Å². The average molecular weight is 260 g/mol. The normalized spacial score (nSPS) is 20.6. The van der Waals surface area contributed by atoms with Crippen LogP contribution in [0.3, 0.4) is 0 Å². The molecule has 2 nitrogen and oxygen atoms in total. The van der Waals surface area contributed by atoms with Gasteiger partial charge in [0.2, 0.25) is 0 Å². The molecule has 1 N–H and O–H groups in total. The van der Waals surface area contributed by atoms with Crippen LogP contribution >= 0.6 is 0 Å². The Morgan fingerprint density at radius 3 is 2.47 bits per heavy atom. The fourth-order valence-corrected chi connectivity index (χ4v) is 3.28. The first-order valence-corrected chi connectivity index (χ1v) is 7.55. The molecule has 0 radical (unpaired) electrons. The van der Waals surface area contributed by atoms with Crippen molar-refractivity contribution in [1.29, 1.82) is 0 Å². The molecule has 0 amide bonds. The van der Waals surface area contributed by atoms with Crippen LogP contribution in [0.5, 0.6) is 0 Å². The smallest absolute Gasteiger partial charge is 0.0238 e. The third-order valence-electron chi connectivity index (χ3n) is 4.42. The topological polar surface area (TPSA) is 15.3 Å².